The fourth-order valence-corrected chi connectivity index (χ4v) is 1.48. The molecule has 0 unspecified atom stereocenters. The molecule has 1 aromatic heterocycles. The summed E-state index contributed by atoms with van der Waals surface area (Å²) in [6, 6.07) is 3.62. The van der Waals surface area contributed by atoms with Crippen molar-refractivity contribution in [3.8, 4) is 17.1 Å². The maximum atomic E-state index is 11.7. The standard InChI is InChI=1S/C11H11N2O2/c1-6-4-5-9(7(2)10(6)14)11-12-8(3)15-13-11/h4-5H,1-3H3. The molecule has 0 amide bonds. The number of benzene rings is 1. The third-order valence-corrected chi connectivity index (χ3v) is 2.37. The Kier molecular flexibility index (Phi) is 2.19. The first-order valence-electron chi connectivity index (χ1n) is 4.67. The molecule has 0 bridgehead atoms. The maximum absolute atomic E-state index is 11.7. The molecule has 0 N–H and O–H groups in total. The first-order chi connectivity index (χ1) is 7.09. The summed E-state index contributed by atoms with van der Waals surface area (Å²) in [5, 5.41) is 15.5. The Balaban J connectivity index is 2.59. The van der Waals surface area contributed by atoms with Gasteiger partial charge in [0.15, 0.2) is 5.75 Å². The topological polar surface area (TPSA) is 58.8 Å². The first-order valence-corrected chi connectivity index (χ1v) is 4.67. The van der Waals surface area contributed by atoms with E-state index >= 15 is 0 Å². The summed E-state index contributed by atoms with van der Waals surface area (Å²) in [6.45, 7) is 5.29. The Morgan fingerprint density at radius 2 is 1.93 bits per heavy atom. The van der Waals surface area contributed by atoms with Gasteiger partial charge in [0.2, 0.25) is 11.7 Å². The van der Waals surface area contributed by atoms with Gasteiger partial charge in [0.25, 0.3) is 0 Å². The second kappa shape index (κ2) is 3.38. The summed E-state index contributed by atoms with van der Waals surface area (Å²) in [7, 11) is 0. The van der Waals surface area contributed by atoms with Gasteiger partial charge in [0.05, 0.1) is 0 Å². The molecular weight excluding hydrogens is 192 g/mol. The van der Waals surface area contributed by atoms with Gasteiger partial charge in [0, 0.05) is 18.1 Å². The van der Waals surface area contributed by atoms with Crippen molar-refractivity contribution in [2.45, 2.75) is 20.8 Å². The van der Waals surface area contributed by atoms with E-state index in [9.17, 15) is 5.11 Å². The van der Waals surface area contributed by atoms with Crippen LogP contribution in [0, 0.1) is 20.8 Å². The highest BCUT2D eigenvalue weighted by Crippen LogP contribution is 2.30. The van der Waals surface area contributed by atoms with E-state index in [1.54, 1.807) is 26.8 Å². The number of rotatable bonds is 1. The lowest BCUT2D eigenvalue weighted by molar-refractivity contribution is 0.349. The molecule has 4 nitrogen and oxygen atoms in total. The second-order valence-electron chi connectivity index (χ2n) is 3.52. The highest BCUT2D eigenvalue weighted by molar-refractivity contribution is 5.64. The molecule has 2 rings (SSSR count). The van der Waals surface area contributed by atoms with Gasteiger partial charge in [-0.2, -0.15) is 4.98 Å². The van der Waals surface area contributed by atoms with Crippen LogP contribution in [-0.4, -0.2) is 10.1 Å². The van der Waals surface area contributed by atoms with E-state index in [1.807, 2.05) is 6.07 Å². The Bertz CT molecular complexity index is 503. The van der Waals surface area contributed by atoms with Crippen LogP contribution in [-0.2, 0) is 5.11 Å². The zero-order chi connectivity index (χ0) is 11.0. The highest BCUT2D eigenvalue weighted by atomic mass is 16.5. The monoisotopic (exact) mass is 203 g/mol. The van der Waals surface area contributed by atoms with Crippen molar-refractivity contribution >= 4 is 0 Å². The van der Waals surface area contributed by atoms with Crippen LogP contribution < -0.4 is 0 Å². The van der Waals surface area contributed by atoms with Crippen molar-refractivity contribution in [2.24, 2.45) is 0 Å². The largest absolute Gasteiger partial charge is 0.339 e. The molecule has 0 fully saturated rings. The van der Waals surface area contributed by atoms with E-state index in [-0.39, 0.29) is 5.75 Å². The van der Waals surface area contributed by atoms with Crippen molar-refractivity contribution in [3.05, 3.63) is 29.2 Å². The van der Waals surface area contributed by atoms with Crippen molar-refractivity contribution in [1.82, 2.24) is 10.1 Å². The van der Waals surface area contributed by atoms with E-state index in [4.69, 9.17) is 4.52 Å². The molecule has 0 aliphatic rings. The summed E-state index contributed by atoms with van der Waals surface area (Å²) in [6.07, 6.45) is 0. The van der Waals surface area contributed by atoms with Gasteiger partial charge >= 0.3 is 0 Å². The molecule has 4 heteroatoms. The fraction of sp³-hybridized carbons (Fsp3) is 0.273. The molecule has 0 spiro atoms. The average molecular weight is 203 g/mol. The van der Waals surface area contributed by atoms with Crippen LogP contribution in [0.25, 0.3) is 11.4 Å². The smallest absolute Gasteiger partial charge is 0.223 e. The lowest BCUT2D eigenvalue weighted by Crippen LogP contribution is -1.87. The van der Waals surface area contributed by atoms with Crippen LogP contribution in [0.2, 0.25) is 0 Å². The number of nitrogens with zero attached hydrogens (tertiary/aromatic N) is 2. The van der Waals surface area contributed by atoms with Gasteiger partial charge in [0.1, 0.15) is 0 Å². The molecule has 0 aliphatic heterocycles. The zero-order valence-corrected chi connectivity index (χ0v) is 8.87. The summed E-state index contributed by atoms with van der Waals surface area (Å²) in [5.74, 6) is 1.01. The number of aromatic nitrogens is 2. The maximum Gasteiger partial charge on any atom is 0.223 e. The molecule has 1 aromatic carbocycles. The molecule has 0 aliphatic carbocycles. The summed E-state index contributed by atoms with van der Waals surface area (Å²) < 4.78 is 4.88. The molecule has 0 atom stereocenters. The molecule has 1 heterocycles. The zero-order valence-electron chi connectivity index (χ0n) is 8.87. The van der Waals surface area contributed by atoms with Gasteiger partial charge in [-0.25, -0.2) is 0 Å². The molecular formula is C11H11N2O2. The molecule has 0 saturated carbocycles. The van der Waals surface area contributed by atoms with Gasteiger partial charge in [-0.05, 0) is 19.4 Å². The van der Waals surface area contributed by atoms with Crippen LogP contribution >= 0.6 is 0 Å². The van der Waals surface area contributed by atoms with E-state index in [1.165, 1.54) is 0 Å². The van der Waals surface area contributed by atoms with Gasteiger partial charge < -0.3 is 4.52 Å². The SMILES string of the molecule is Cc1nc(-c2ccc(C)c([O])c2C)no1. The van der Waals surface area contributed by atoms with Crippen molar-refractivity contribution in [1.29, 1.82) is 0 Å². The minimum absolute atomic E-state index is 0.0370. The summed E-state index contributed by atoms with van der Waals surface area (Å²) in [4.78, 5) is 4.10. The van der Waals surface area contributed by atoms with E-state index in [0.29, 0.717) is 17.3 Å². The molecule has 1 radical (unpaired) electrons. The second-order valence-corrected chi connectivity index (χ2v) is 3.52. The average Bonchev–Trinajstić information content (AvgIpc) is 2.61. The van der Waals surface area contributed by atoms with Crippen molar-refractivity contribution in [3.63, 3.8) is 0 Å². The minimum atomic E-state index is 0.0370. The highest BCUT2D eigenvalue weighted by Gasteiger charge is 2.13. The van der Waals surface area contributed by atoms with Crippen LogP contribution in [0.5, 0.6) is 5.75 Å². The van der Waals surface area contributed by atoms with Gasteiger partial charge in [-0.3, -0.25) is 5.11 Å². The third kappa shape index (κ3) is 1.58. The molecule has 77 valence electrons. The molecule has 15 heavy (non-hydrogen) atoms. The number of hydrogen-bond acceptors (Lipinski definition) is 3. The Morgan fingerprint density at radius 1 is 1.20 bits per heavy atom. The van der Waals surface area contributed by atoms with Crippen molar-refractivity contribution < 1.29 is 9.63 Å². The Hall–Kier alpha value is -1.84. The summed E-state index contributed by atoms with van der Waals surface area (Å²) in [5.41, 5.74) is 2.13. The molecule has 0 saturated heterocycles. The predicted octanol–water partition coefficient (Wildman–Crippen LogP) is 2.81. The van der Waals surface area contributed by atoms with E-state index < -0.39 is 0 Å². The van der Waals surface area contributed by atoms with Crippen LogP contribution in [0.4, 0.5) is 0 Å². The number of aryl methyl sites for hydroxylation is 2. The van der Waals surface area contributed by atoms with Crippen LogP contribution in [0.3, 0.4) is 0 Å². The van der Waals surface area contributed by atoms with Gasteiger partial charge in [-0.15, -0.1) is 0 Å². The Labute approximate surface area is 87.6 Å². The van der Waals surface area contributed by atoms with Crippen LogP contribution in [0.15, 0.2) is 16.7 Å². The lowest BCUT2D eigenvalue weighted by atomic mass is 10.0. The predicted molar refractivity (Wildman–Crippen MR) is 54.1 cm³/mol. The van der Waals surface area contributed by atoms with E-state index in [0.717, 1.165) is 11.1 Å². The van der Waals surface area contributed by atoms with E-state index in [2.05, 4.69) is 10.1 Å². The van der Waals surface area contributed by atoms with Gasteiger partial charge in [-0.1, -0.05) is 17.3 Å². The quantitative estimate of drug-likeness (QED) is 0.716. The van der Waals surface area contributed by atoms with Crippen molar-refractivity contribution in [2.75, 3.05) is 0 Å². The summed E-state index contributed by atoms with van der Waals surface area (Å²) >= 11 is 0. The number of hydrogen-bond donors (Lipinski definition) is 0. The Morgan fingerprint density at radius 3 is 2.53 bits per heavy atom. The fourth-order valence-electron chi connectivity index (χ4n) is 1.48. The lowest BCUT2D eigenvalue weighted by Gasteiger charge is -2.03. The first kappa shape index (κ1) is 9.71. The normalized spacial score (nSPS) is 10.6. The third-order valence-electron chi connectivity index (χ3n) is 2.37. The minimum Gasteiger partial charge on any atom is -0.339 e. The molecule has 2 aromatic rings. The van der Waals surface area contributed by atoms with Crippen LogP contribution in [0.1, 0.15) is 17.0 Å².